The fourth-order valence-corrected chi connectivity index (χ4v) is 8.34. The number of esters is 2. The molecule has 7 heteroatoms. The van der Waals surface area contributed by atoms with Crippen LogP contribution in [0.2, 0.25) is 0 Å². The van der Waals surface area contributed by atoms with Crippen molar-refractivity contribution >= 4 is 11.9 Å². The van der Waals surface area contributed by atoms with E-state index in [0.717, 1.165) is 96.8 Å². The van der Waals surface area contributed by atoms with Gasteiger partial charge in [0.1, 0.15) is 12.7 Å². The Morgan fingerprint density at radius 3 is 1.30 bits per heavy atom. The minimum atomic E-state index is -0.0725. The van der Waals surface area contributed by atoms with Gasteiger partial charge in [0.05, 0.1) is 0 Å². The molecule has 0 aliphatic rings. The number of ether oxygens (including phenoxy) is 4. The largest absolute Gasteiger partial charge is 0.462 e. The van der Waals surface area contributed by atoms with Gasteiger partial charge in [0.15, 0.2) is 6.29 Å². The van der Waals surface area contributed by atoms with E-state index in [2.05, 4.69) is 45.8 Å². The maximum atomic E-state index is 12.7. The van der Waals surface area contributed by atoms with Gasteiger partial charge in [-0.05, 0) is 97.7 Å². The second kappa shape index (κ2) is 51.5. The second-order valence-corrected chi connectivity index (χ2v) is 19.2. The quantitative estimate of drug-likeness (QED) is 0.0261. The lowest BCUT2D eigenvalue weighted by Gasteiger charge is -2.19. The van der Waals surface area contributed by atoms with E-state index in [-0.39, 0.29) is 24.3 Å². The molecule has 0 aromatic rings. The molecule has 0 N–H and O–H groups in total. The maximum Gasteiger partial charge on any atom is 0.306 e. The van der Waals surface area contributed by atoms with Gasteiger partial charge in [-0.25, -0.2) is 0 Å². The Labute approximate surface area is 393 Å². The molecule has 63 heavy (non-hydrogen) atoms. The number of carbonyl (C=O) groups is 2. The highest BCUT2D eigenvalue weighted by molar-refractivity contribution is 5.69. The van der Waals surface area contributed by atoms with E-state index in [9.17, 15) is 9.59 Å². The zero-order chi connectivity index (χ0) is 45.9. The lowest BCUT2D eigenvalue weighted by molar-refractivity contribution is -0.150. The molecule has 1 unspecified atom stereocenters. The Morgan fingerprint density at radius 1 is 0.429 bits per heavy atom. The van der Waals surface area contributed by atoms with Gasteiger partial charge in [-0.3, -0.25) is 9.59 Å². The van der Waals surface area contributed by atoms with Crippen molar-refractivity contribution in [1.29, 1.82) is 0 Å². The molecule has 374 valence electrons. The average Bonchev–Trinajstić information content (AvgIpc) is 3.26. The van der Waals surface area contributed by atoms with Gasteiger partial charge in [0, 0.05) is 26.1 Å². The molecule has 0 heterocycles. The van der Waals surface area contributed by atoms with Crippen molar-refractivity contribution in [3.8, 4) is 0 Å². The Bertz CT molecular complexity index is 934. The first-order valence-electron chi connectivity index (χ1n) is 27.8. The lowest BCUT2D eigenvalue weighted by atomic mass is 10.0. The number of rotatable bonds is 52. The van der Waals surface area contributed by atoms with Crippen LogP contribution in [0.4, 0.5) is 0 Å². The molecule has 0 saturated carbocycles. The summed E-state index contributed by atoms with van der Waals surface area (Å²) in [7, 11) is 4.10. The first-order chi connectivity index (χ1) is 30.9. The molecular weight excluding hydrogens is 783 g/mol. The van der Waals surface area contributed by atoms with Gasteiger partial charge < -0.3 is 23.8 Å². The highest BCUT2D eigenvalue weighted by atomic mass is 16.7. The van der Waals surface area contributed by atoms with Crippen molar-refractivity contribution in [3.05, 3.63) is 12.2 Å². The van der Waals surface area contributed by atoms with Gasteiger partial charge >= 0.3 is 11.9 Å². The predicted molar refractivity (Wildman–Crippen MR) is 271 cm³/mol. The average molecular weight is 892 g/mol. The summed E-state index contributed by atoms with van der Waals surface area (Å²) >= 11 is 0. The summed E-state index contributed by atoms with van der Waals surface area (Å²) in [4.78, 5) is 26.9. The van der Waals surface area contributed by atoms with E-state index >= 15 is 0 Å². The third-order valence-electron chi connectivity index (χ3n) is 12.5. The molecule has 0 aromatic carbocycles. The molecule has 1 atom stereocenters. The fourth-order valence-electron chi connectivity index (χ4n) is 8.34. The van der Waals surface area contributed by atoms with E-state index in [1.54, 1.807) is 0 Å². The minimum Gasteiger partial charge on any atom is -0.462 e. The number of carbonyl (C=O) groups excluding carboxylic acids is 2. The first kappa shape index (κ1) is 61.6. The molecule has 0 aromatic heterocycles. The molecule has 0 spiro atoms. The molecule has 0 radical (unpaired) electrons. The standard InChI is InChI=1S/C56H109NO6/c1-6-9-12-15-18-27-34-41-51-61-56(62-52-42-35-28-19-16-13-10-7-2)48-39-32-25-21-23-30-37-45-53(63-55(59)47-43-49-57(4)5)44-36-29-22-20-24-31-38-46-54(58)60-50-40-33-26-17-14-11-8-3/h33,40,53,56H,6-32,34-39,41-52H2,1-5H3. The first-order valence-corrected chi connectivity index (χ1v) is 27.8. The van der Waals surface area contributed by atoms with Crippen LogP contribution in [0.5, 0.6) is 0 Å². The lowest BCUT2D eigenvalue weighted by Crippen LogP contribution is -2.20. The molecule has 0 aliphatic carbocycles. The van der Waals surface area contributed by atoms with Crippen molar-refractivity contribution in [2.75, 3.05) is 40.5 Å². The number of hydrogen-bond acceptors (Lipinski definition) is 7. The molecule has 0 saturated heterocycles. The van der Waals surface area contributed by atoms with Crippen LogP contribution in [0.25, 0.3) is 0 Å². The molecule has 0 bridgehead atoms. The zero-order valence-electron chi connectivity index (χ0n) is 43.0. The van der Waals surface area contributed by atoms with Crippen LogP contribution < -0.4 is 0 Å². The zero-order valence-corrected chi connectivity index (χ0v) is 43.0. The van der Waals surface area contributed by atoms with Crippen molar-refractivity contribution < 1.29 is 28.5 Å². The number of unbranched alkanes of at least 4 members (excludes halogenated alkanes) is 30. The fraction of sp³-hybridized carbons (Fsp3) is 0.929. The number of hydrogen-bond donors (Lipinski definition) is 0. The molecule has 0 amide bonds. The van der Waals surface area contributed by atoms with E-state index in [0.29, 0.717) is 19.4 Å². The monoisotopic (exact) mass is 892 g/mol. The van der Waals surface area contributed by atoms with Crippen LogP contribution in [-0.2, 0) is 28.5 Å². The summed E-state index contributed by atoms with van der Waals surface area (Å²) in [6, 6.07) is 0. The Kier molecular flexibility index (Phi) is 50.4. The summed E-state index contributed by atoms with van der Waals surface area (Å²) in [5.74, 6) is -0.0996. The van der Waals surface area contributed by atoms with Crippen LogP contribution in [0.3, 0.4) is 0 Å². The van der Waals surface area contributed by atoms with Crippen LogP contribution in [-0.4, -0.2) is 69.7 Å². The smallest absolute Gasteiger partial charge is 0.306 e. The molecular formula is C56H109NO6. The SMILES string of the molecule is CCCCCCC=CCOC(=O)CCCCCCCCCC(CCCCCCCCCC(OCCCCCCCCCC)OCCCCCCCCCC)OC(=O)CCCN(C)C. The topological polar surface area (TPSA) is 74.3 Å². The highest BCUT2D eigenvalue weighted by Gasteiger charge is 2.15. The van der Waals surface area contributed by atoms with Crippen LogP contribution >= 0.6 is 0 Å². The van der Waals surface area contributed by atoms with E-state index in [4.69, 9.17) is 18.9 Å². The van der Waals surface area contributed by atoms with Crippen molar-refractivity contribution in [2.45, 2.75) is 296 Å². The van der Waals surface area contributed by atoms with Crippen LogP contribution in [0.15, 0.2) is 12.2 Å². The molecule has 0 aliphatic heterocycles. The summed E-state index contributed by atoms with van der Waals surface area (Å²) in [5.41, 5.74) is 0. The third kappa shape index (κ3) is 49.8. The summed E-state index contributed by atoms with van der Waals surface area (Å²) in [6.45, 7) is 9.79. The summed E-state index contributed by atoms with van der Waals surface area (Å²) in [5, 5.41) is 0. The number of nitrogens with zero attached hydrogens (tertiary/aromatic N) is 1. The summed E-state index contributed by atoms with van der Waals surface area (Å²) < 4.78 is 24.1. The van der Waals surface area contributed by atoms with E-state index in [1.807, 2.05) is 6.08 Å². The van der Waals surface area contributed by atoms with Crippen molar-refractivity contribution in [1.82, 2.24) is 4.90 Å². The van der Waals surface area contributed by atoms with Gasteiger partial charge in [-0.2, -0.15) is 0 Å². The van der Waals surface area contributed by atoms with Gasteiger partial charge in [-0.1, -0.05) is 206 Å². The van der Waals surface area contributed by atoms with Crippen LogP contribution in [0, 0.1) is 0 Å². The molecule has 0 fully saturated rings. The normalized spacial score (nSPS) is 12.3. The Hall–Kier alpha value is -1.44. The Morgan fingerprint density at radius 2 is 0.825 bits per heavy atom. The molecule has 7 nitrogen and oxygen atoms in total. The van der Waals surface area contributed by atoms with Gasteiger partial charge in [0.2, 0.25) is 0 Å². The second-order valence-electron chi connectivity index (χ2n) is 19.2. The van der Waals surface area contributed by atoms with Crippen molar-refractivity contribution in [3.63, 3.8) is 0 Å². The third-order valence-corrected chi connectivity index (χ3v) is 12.5. The minimum absolute atomic E-state index is 0.0271. The van der Waals surface area contributed by atoms with Crippen LogP contribution in [0.1, 0.15) is 284 Å². The van der Waals surface area contributed by atoms with Gasteiger partial charge in [-0.15, -0.1) is 0 Å². The van der Waals surface area contributed by atoms with Crippen molar-refractivity contribution in [2.24, 2.45) is 0 Å². The van der Waals surface area contributed by atoms with Gasteiger partial charge in [0.25, 0.3) is 0 Å². The summed E-state index contributed by atoms with van der Waals surface area (Å²) in [6.07, 6.45) is 52.8. The van der Waals surface area contributed by atoms with E-state index in [1.165, 1.54) is 173 Å². The molecule has 0 rings (SSSR count). The van der Waals surface area contributed by atoms with E-state index < -0.39 is 0 Å². The predicted octanol–water partition coefficient (Wildman–Crippen LogP) is 17.0. The maximum absolute atomic E-state index is 12.7. The Balaban J connectivity index is 4.36. The highest BCUT2D eigenvalue weighted by Crippen LogP contribution is 2.20. The number of allylic oxidation sites excluding steroid dienone is 1.